The van der Waals surface area contributed by atoms with Crippen LogP contribution < -0.4 is 0 Å². The van der Waals surface area contributed by atoms with Gasteiger partial charge in [-0.05, 0) is 50.1 Å². The second kappa shape index (κ2) is 6.77. The summed E-state index contributed by atoms with van der Waals surface area (Å²) in [6.45, 7) is 2.05. The number of aromatic nitrogens is 5. The predicted molar refractivity (Wildman–Crippen MR) is 126 cm³/mol. The Morgan fingerprint density at radius 1 is 0.839 bits per heavy atom. The Hall–Kier alpha value is -3.47. The Kier molecular flexibility index (Phi) is 4.00. The topological polar surface area (TPSA) is 48.5 Å². The fourth-order valence-corrected chi connectivity index (χ4v) is 5.18. The predicted octanol–water partition coefficient (Wildman–Crippen LogP) is 5.70. The van der Waals surface area contributed by atoms with Crippen LogP contribution in [0.3, 0.4) is 0 Å². The molecule has 31 heavy (non-hydrogen) atoms. The molecule has 5 heteroatoms. The van der Waals surface area contributed by atoms with Gasteiger partial charge in [-0.2, -0.15) is 0 Å². The van der Waals surface area contributed by atoms with E-state index in [1.54, 1.807) is 0 Å². The molecule has 3 heterocycles. The summed E-state index contributed by atoms with van der Waals surface area (Å²) in [5.74, 6) is 3.09. The van der Waals surface area contributed by atoms with Crippen LogP contribution in [0, 0.1) is 0 Å². The molecule has 2 aromatic carbocycles. The highest BCUT2D eigenvalue weighted by Crippen LogP contribution is 2.49. The average Bonchev–Trinajstić information content (AvgIpc) is 3.26. The van der Waals surface area contributed by atoms with E-state index in [0.717, 1.165) is 40.6 Å². The van der Waals surface area contributed by atoms with Crippen molar-refractivity contribution in [2.75, 3.05) is 0 Å². The van der Waals surface area contributed by atoms with Gasteiger partial charge in [0.2, 0.25) is 0 Å². The fourth-order valence-electron chi connectivity index (χ4n) is 5.18. The zero-order valence-corrected chi connectivity index (χ0v) is 18.1. The zero-order chi connectivity index (χ0) is 21.1. The van der Waals surface area contributed by atoms with Crippen molar-refractivity contribution in [1.29, 1.82) is 0 Å². The molecule has 0 saturated heterocycles. The zero-order valence-electron chi connectivity index (χ0n) is 18.1. The van der Waals surface area contributed by atoms with Gasteiger partial charge in [0, 0.05) is 43.1 Å². The fraction of sp³-hybridized carbons (Fsp3) is 0.269. The van der Waals surface area contributed by atoms with Gasteiger partial charge >= 0.3 is 0 Å². The molecule has 3 aromatic heterocycles. The van der Waals surface area contributed by atoms with E-state index in [2.05, 4.69) is 83.7 Å². The highest BCUT2D eigenvalue weighted by atomic mass is 15.1. The number of imidazole rings is 2. The first-order valence-electron chi connectivity index (χ1n) is 11.0. The lowest BCUT2D eigenvalue weighted by Crippen LogP contribution is -2.26. The normalized spacial score (nSPS) is 19.1. The van der Waals surface area contributed by atoms with E-state index in [1.807, 2.05) is 12.3 Å². The van der Waals surface area contributed by atoms with Crippen LogP contribution in [-0.4, -0.2) is 24.1 Å². The van der Waals surface area contributed by atoms with Crippen molar-refractivity contribution in [2.24, 2.45) is 14.1 Å². The number of hydrogen-bond acceptors (Lipinski definition) is 3. The first-order chi connectivity index (χ1) is 15.2. The summed E-state index contributed by atoms with van der Waals surface area (Å²) in [5, 5.41) is 1.12. The number of para-hydroxylation sites is 1. The van der Waals surface area contributed by atoms with Gasteiger partial charge in [-0.1, -0.05) is 24.3 Å². The van der Waals surface area contributed by atoms with Gasteiger partial charge < -0.3 is 9.13 Å². The lowest BCUT2D eigenvalue weighted by atomic mass is 9.72. The number of fused-ring (bicyclic) bond motifs is 4. The van der Waals surface area contributed by atoms with Crippen LogP contribution in [0.5, 0.6) is 0 Å². The molecule has 0 radical (unpaired) electrons. The molecule has 1 saturated carbocycles. The molecule has 6 rings (SSSR count). The first-order valence-corrected chi connectivity index (χ1v) is 11.0. The Bertz CT molecular complexity index is 1490. The molecule has 0 N–H and O–H groups in total. The van der Waals surface area contributed by atoms with Crippen molar-refractivity contribution in [3.8, 4) is 0 Å². The van der Waals surface area contributed by atoms with Gasteiger partial charge in [-0.25, -0.2) is 9.97 Å². The van der Waals surface area contributed by atoms with E-state index in [4.69, 9.17) is 9.97 Å². The van der Waals surface area contributed by atoms with E-state index in [1.165, 1.54) is 22.4 Å². The Morgan fingerprint density at radius 2 is 1.55 bits per heavy atom. The molecule has 154 valence electrons. The van der Waals surface area contributed by atoms with E-state index in [9.17, 15) is 0 Å². The van der Waals surface area contributed by atoms with Crippen LogP contribution in [0.25, 0.3) is 39.0 Å². The van der Waals surface area contributed by atoms with E-state index in [0.29, 0.717) is 11.8 Å². The second-order valence-corrected chi connectivity index (χ2v) is 8.57. The number of hydrogen-bond donors (Lipinski definition) is 0. The van der Waals surface area contributed by atoms with E-state index >= 15 is 0 Å². The van der Waals surface area contributed by atoms with Crippen LogP contribution in [0.1, 0.15) is 48.8 Å². The van der Waals surface area contributed by atoms with Crippen molar-refractivity contribution in [3.05, 3.63) is 71.9 Å². The molecule has 1 aliphatic carbocycles. The Labute approximate surface area is 181 Å². The van der Waals surface area contributed by atoms with Crippen molar-refractivity contribution in [1.82, 2.24) is 24.1 Å². The molecule has 5 aromatic rings. The van der Waals surface area contributed by atoms with Gasteiger partial charge in [-0.3, -0.25) is 4.98 Å². The molecule has 0 aliphatic heterocycles. The Balaban J connectivity index is 1.47. The highest BCUT2D eigenvalue weighted by molar-refractivity contribution is 6.02. The molecular formula is C26H25N5. The van der Waals surface area contributed by atoms with Gasteiger partial charge in [0.05, 0.1) is 27.6 Å². The minimum atomic E-state index is 0.379. The standard InChI is InChI=1S/C26H25N5/c1-4-7-16-8-5-10-21-23(16)28-25(30(21)2)17-11-12-18(17)26-29-24-19-9-6-15-27-20(19)13-14-22(24)31(26)3/h4-10,13-15,17-18H,11-12H2,1-3H3/b7-4-. The number of allylic oxidation sites excluding steroid dienone is 1. The lowest BCUT2D eigenvalue weighted by Gasteiger charge is -2.35. The van der Waals surface area contributed by atoms with Gasteiger partial charge in [0.25, 0.3) is 0 Å². The lowest BCUT2D eigenvalue weighted by molar-refractivity contribution is 0.310. The molecular weight excluding hydrogens is 382 g/mol. The highest BCUT2D eigenvalue weighted by Gasteiger charge is 2.39. The summed E-state index contributed by atoms with van der Waals surface area (Å²) in [5.41, 5.74) is 6.68. The summed E-state index contributed by atoms with van der Waals surface area (Å²) >= 11 is 0. The van der Waals surface area contributed by atoms with Crippen molar-refractivity contribution < 1.29 is 0 Å². The van der Waals surface area contributed by atoms with Crippen LogP contribution in [-0.2, 0) is 14.1 Å². The molecule has 2 atom stereocenters. The minimum absolute atomic E-state index is 0.379. The smallest absolute Gasteiger partial charge is 0.113 e. The van der Waals surface area contributed by atoms with Crippen LogP contribution in [0.4, 0.5) is 0 Å². The van der Waals surface area contributed by atoms with Crippen molar-refractivity contribution in [2.45, 2.75) is 31.6 Å². The Morgan fingerprint density at radius 3 is 2.26 bits per heavy atom. The average molecular weight is 408 g/mol. The number of nitrogens with zero attached hydrogens (tertiary/aromatic N) is 5. The summed E-state index contributed by atoms with van der Waals surface area (Å²) < 4.78 is 4.55. The molecule has 0 spiro atoms. The molecule has 0 bridgehead atoms. The maximum absolute atomic E-state index is 5.14. The third-order valence-electron chi connectivity index (χ3n) is 6.93. The first kappa shape index (κ1) is 18.3. The quantitative estimate of drug-likeness (QED) is 0.385. The summed E-state index contributed by atoms with van der Waals surface area (Å²) in [6.07, 6.45) is 8.35. The summed E-state index contributed by atoms with van der Waals surface area (Å²) in [4.78, 5) is 14.8. The number of benzene rings is 2. The molecule has 1 aliphatic rings. The third kappa shape index (κ3) is 2.59. The maximum atomic E-state index is 5.14. The maximum Gasteiger partial charge on any atom is 0.113 e. The van der Waals surface area contributed by atoms with Gasteiger partial charge in [0.15, 0.2) is 0 Å². The van der Waals surface area contributed by atoms with Crippen LogP contribution >= 0.6 is 0 Å². The molecule has 5 nitrogen and oxygen atoms in total. The van der Waals surface area contributed by atoms with E-state index in [-0.39, 0.29) is 0 Å². The number of aryl methyl sites for hydroxylation is 2. The van der Waals surface area contributed by atoms with Crippen LogP contribution in [0.15, 0.2) is 54.7 Å². The van der Waals surface area contributed by atoms with Crippen molar-refractivity contribution in [3.63, 3.8) is 0 Å². The summed E-state index contributed by atoms with van der Waals surface area (Å²) in [6, 6.07) is 14.8. The van der Waals surface area contributed by atoms with Crippen molar-refractivity contribution >= 4 is 39.0 Å². The third-order valence-corrected chi connectivity index (χ3v) is 6.93. The SMILES string of the molecule is C/C=C\c1cccc2c1nc(C1CCC1c1nc3c4cccnc4ccc3n1C)n2C. The number of pyridine rings is 1. The molecule has 2 unspecified atom stereocenters. The largest absolute Gasteiger partial charge is 0.331 e. The van der Waals surface area contributed by atoms with Gasteiger partial charge in [-0.15, -0.1) is 0 Å². The second-order valence-electron chi connectivity index (χ2n) is 8.57. The van der Waals surface area contributed by atoms with E-state index < -0.39 is 0 Å². The minimum Gasteiger partial charge on any atom is -0.331 e. The molecule has 1 fully saturated rings. The monoisotopic (exact) mass is 407 g/mol. The van der Waals surface area contributed by atoms with Gasteiger partial charge in [0.1, 0.15) is 11.6 Å². The summed E-state index contributed by atoms with van der Waals surface area (Å²) in [7, 11) is 4.29. The number of rotatable bonds is 3. The molecule has 0 amide bonds. The van der Waals surface area contributed by atoms with Crippen LogP contribution in [0.2, 0.25) is 0 Å².